The highest BCUT2D eigenvalue weighted by Gasteiger charge is 2.19. The maximum Gasteiger partial charge on any atom is 0.263 e. The quantitative estimate of drug-likeness (QED) is 0.823. The normalized spacial score (nSPS) is 10.8. The maximum atomic E-state index is 12.5. The summed E-state index contributed by atoms with van der Waals surface area (Å²) in [5.74, 6) is -0.492. The first-order chi connectivity index (χ1) is 10.4. The molecule has 22 heavy (non-hydrogen) atoms. The van der Waals surface area contributed by atoms with Crippen molar-refractivity contribution in [2.24, 2.45) is 0 Å². The standard InChI is InChI=1S/C15H13ClN2O3S/c1-2-15(19)17-13-5-3-4-6-14(13)22(20,21)18-12-9-7-11(16)8-10-12/h2-10,18H,1H2,(H,17,19). The van der Waals surface area contributed by atoms with Crippen LogP contribution in [0.1, 0.15) is 0 Å². The van der Waals surface area contributed by atoms with Gasteiger partial charge in [0.05, 0.1) is 5.69 Å². The first-order valence-corrected chi connectivity index (χ1v) is 8.09. The van der Waals surface area contributed by atoms with Crippen LogP contribution < -0.4 is 10.0 Å². The molecule has 0 radical (unpaired) electrons. The summed E-state index contributed by atoms with van der Waals surface area (Å²) in [6.07, 6.45) is 1.07. The number of benzene rings is 2. The topological polar surface area (TPSA) is 75.3 Å². The molecule has 0 saturated carbocycles. The van der Waals surface area contributed by atoms with Crippen molar-refractivity contribution >= 4 is 38.9 Å². The summed E-state index contributed by atoms with van der Waals surface area (Å²) in [5, 5.41) is 2.97. The Morgan fingerprint density at radius 3 is 2.36 bits per heavy atom. The smallest absolute Gasteiger partial charge is 0.263 e. The van der Waals surface area contributed by atoms with E-state index >= 15 is 0 Å². The zero-order chi connectivity index (χ0) is 16.2. The van der Waals surface area contributed by atoms with Crippen LogP contribution in [-0.2, 0) is 14.8 Å². The Hall–Kier alpha value is -2.31. The number of rotatable bonds is 5. The number of hydrogen-bond donors (Lipinski definition) is 2. The zero-order valence-corrected chi connectivity index (χ0v) is 13.0. The molecule has 0 aromatic heterocycles. The third kappa shape index (κ3) is 3.87. The van der Waals surface area contributed by atoms with Gasteiger partial charge in [0.15, 0.2) is 0 Å². The van der Waals surface area contributed by atoms with Gasteiger partial charge in [-0.05, 0) is 42.5 Å². The van der Waals surface area contributed by atoms with E-state index in [-0.39, 0.29) is 10.6 Å². The van der Waals surface area contributed by atoms with Gasteiger partial charge in [0, 0.05) is 10.7 Å². The molecule has 0 heterocycles. The second-order valence-electron chi connectivity index (χ2n) is 4.30. The molecule has 2 aromatic carbocycles. The third-order valence-electron chi connectivity index (χ3n) is 2.72. The van der Waals surface area contributed by atoms with Crippen LogP contribution in [0.15, 0.2) is 66.1 Å². The van der Waals surface area contributed by atoms with E-state index in [1.165, 1.54) is 12.1 Å². The third-order valence-corrected chi connectivity index (χ3v) is 4.41. The molecule has 2 aromatic rings. The highest BCUT2D eigenvalue weighted by atomic mass is 35.5. The molecule has 5 nitrogen and oxygen atoms in total. The number of halogens is 1. The Kier molecular flexibility index (Phi) is 4.85. The fraction of sp³-hybridized carbons (Fsp3) is 0. The van der Waals surface area contributed by atoms with Crippen LogP contribution in [0.2, 0.25) is 5.02 Å². The van der Waals surface area contributed by atoms with Gasteiger partial charge < -0.3 is 5.32 Å². The second-order valence-corrected chi connectivity index (χ2v) is 6.39. The Morgan fingerprint density at radius 2 is 1.73 bits per heavy atom. The SMILES string of the molecule is C=CC(=O)Nc1ccccc1S(=O)(=O)Nc1ccc(Cl)cc1. The lowest BCUT2D eigenvalue weighted by molar-refractivity contribution is -0.111. The summed E-state index contributed by atoms with van der Waals surface area (Å²) < 4.78 is 27.3. The first kappa shape index (κ1) is 16.1. The van der Waals surface area contributed by atoms with Gasteiger partial charge in [-0.2, -0.15) is 0 Å². The van der Waals surface area contributed by atoms with E-state index in [0.29, 0.717) is 10.7 Å². The highest BCUT2D eigenvalue weighted by molar-refractivity contribution is 7.92. The van der Waals surface area contributed by atoms with Crippen molar-refractivity contribution in [3.8, 4) is 0 Å². The van der Waals surface area contributed by atoms with E-state index in [1.807, 2.05) is 0 Å². The number of hydrogen-bond acceptors (Lipinski definition) is 3. The van der Waals surface area contributed by atoms with E-state index in [4.69, 9.17) is 11.6 Å². The summed E-state index contributed by atoms with van der Waals surface area (Å²) in [4.78, 5) is 11.4. The molecule has 0 saturated heterocycles. The molecule has 2 N–H and O–H groups in total. The number of carbonyl (C=O) groups is 1. The number of amides is 1. The van der Waals surface area contributed by atoms with Gasteiger partial charge in [-0.1, -0.05) is 30.3 Å². The minimum Gasteiger partial charge on any atom is -0.321 e. The predicted octanol–water partition coefficient (Wildman–Crippen LogP) is 3.27. The van der Waals surface area contributed by atoms with Crippen molar-refractivity contribution in [1.29, 1.82) is 0 Å². The fourth-order valence-electron chi connectivity index (χ4n) is 1.72. The van der Waals surface area contributed by atoms with Crippen LogP contribution in [-0.4, -0.2) is 14.3 Å². The van der Waals surface area contributed by atoms with E-state index in [2.05, 4.69) is 16.6 Å². The first-order valence-electron chi connectivity index (χ1n) is 6.23. The molecule has 0 unspecified atom stereocenters. The summed E-state index contributed by atoms with van der Waals surface area (Å²) in [7, 11) is -3.85. The van der Waals surface area contributed by atoms with Crippen molar-refractivity contribution in [3.63, 3.8) is 0 Å². The van der Waals surface area contributed by atoms with Gasteiger partial charge in [0.25, 0.3) is 10.0 Å². The van der Waals surface area contributed by atoms with Crippen LogP contribution in [0, 0.1) is 0 Å². The molecule has 114 valence electrons. The molecule has 0 aliphatic rings. The number of anilines is 2. The van der Waals surface area contributed by atoms with E-state index in [1.54, 1.807) is 36.4 Å². The Bertz CT molecular complexity index is 802. The molecule has 0 atom stereocenters. The molecular formula is C15H13ClN2O3S. The number of para-hydroxylation sites is 1. The summed E-state index contributed by atoms with van der Waals surface area (Å²) >= 11 is 5.76. The Morgan fingerprint density at radius 1 is 1.09 bits per heavy atom. The zero-order valence-electron chi connectivity index (χ0n) is 11.4. The average molecular weight is 337 g/mol. The van der Waals surface area contributed by atoms with Crippen LogP contribution >= 0.6 is 11.6 Å². The molecule has 0 aliphatic heterocycles. The van der Waals surface area contributed by atoms with Crippen LogP contribution in [0.4, 0.5) is 11.4 Å². The van der Waals surface area contributed by atoms with Crippen LogP contribution in [0.3, 0.4) is 0 Å². The number of carbonyl (C=O) groups excluding carboxylic acids is 1. The summed E-state index contributed by atoms with van der Waals surface area (Å²) in [6.45, 7) is 3.33. The van der Waals surface area contributed by atoms with E-state index < -0.39 is 15.9 Å². The molecule has 0 spiro atoms. The van der Waals surface area contributed by atoms with Crippen LogP contribution in [0.5, 0.6) is 0 Å². The minimum atomic E-state index is -3.85. The largest absolute Gasteiger partial charge is 0.321 e. The van der Waals surface area contributed by atoms with Gasteiger partial charge >= 0.3 is 0 Å². The van der Waals surface area contributed by atoms with Crippen molar-refractivity contribution in [1.82, 2.24) is 0 Å². The lowest BCUT2D eigenvalue weighted by Gasteiger charge is -2.12. The van der Waals surface area contributed by atoms with Crippen molar-refractivity contribution in [2.75, 3.05) is 10.0 Å². The molecule has 0 bridgehead atoms. The maximum absolute atomic E-state index is 12.5. The van der Waals surface area contributed by atoms with Gasteiger partial charge in [-0.3, -0.25) is 9.52 Å². The Balaban J connectivity index is 2.35. The number of nitrogens with one attached hydrogen (secondary N) is 2. The molecule has 1 amide bonds. The second kappa shape index (κ2) is 6.64. The lowest BCUT2D eigenvalue weighted by Crippen LogP contribution is -2.17. The van der Waals surface area contributed by atoms with Gasteiger partial charge in [-0.15, -0.1) is 0 Å². The van der Waals surface area contributed by atoms with Gasteiger partial charge in [-0.25, -0.2) is 8.42 Å². The van der Waals surface area contributed by atoms with E-state index in [0.717, 1.165) is 6.08 Å². The monoisotopic (exact) mass is 336 g/mol. The van der Waals surface area contributed by atoms with Crippen molar-refractivity contribution in [2.45, 2.75) is 4.90 Å². The average Bonchev–Trinajstić information content (AvgIpc) is 2.49. The fourth-order valence-corrected chi connectivity index (χ4v) is 3.06. The van der Waals surface area contributed by atoms with Gasteiger partial charge in [0.2, 0.25) is 5.91 Å². The lowest BCUT2D eigenvalue weighted by atomic mass is 10.3. The minimum absolute atomic E-state index is 0.0415. The van der Waals surface area contributed by atoms with Crippen molar-refractivity contribution < 1.29 is 13.2 Å². The Labute approximate surface area is 133 Å². The summed E-state index contributed by atoms with van der Waals surface area (Å²) in [6, 6.07) is 12.3. The molecule has 7 heteroatoms. The molecule has 0 aliphatic carbocycles. The van der Waals surface area contributed by atoms with E-state index in [9.17, 15) is 13.2 Å². The summed E-state index contributed by atoms with van der Waals surface area (Å²) in [5.41, 5.74) is 0.545. The van der Waals surface area contributed by atoms with Crippen LogP contribution in [0.25, 0.3) is 0 Å². The van der Waals surface area contributed by atoms with Gasteiger partial charge in [0.1, 0.15) is 4.90 Å². The highest BCUT2D eigenvalue weighted by Crippen LogP contribution is 2.24. The molecule has 2 rings (SSSR count). The predicted molar refractivity (Wildman–Crippen MR) is 87.5 cm³/mol. The van der Waals surface area contributed by atoms with Crippen molar-refractivity contribution in [3.05, 3.63) is 66.2 Å². The molecule has 0 fully saturated rings. The number of sulfonamides is 1. The molecular weight excluding hydrogens is 324 g/mol.